The van der Waals surface area contributed by atoms with Gasteiger partial charge in [0.2, 0.25) is 11.8 Å². The molecule has 256 valence electrons. The second kappa shape index (κ2) is 15.5. The van der Waals surface area contributed by atoms with Gasteiger partial charge in [0, 0.05) is 75.2 Å². The molecule has 2 aliphatic heterocycles. The van der Waals surface area contributed by atoms with Crippen LogP contribution in [0.2, 0.25) is 0 Å². The number of pyridine rings is 1. The van der Waals surface area contributed by atoms with Crippen LogP contribution in [-0.4, -0.2) is 71.6 Å². The van der Waals surface area contributed by atoms with Gasteiger partial charge in [0.25, 0.3) is 5.69 Å². The molecule has 0 unspecified atom stereocenters. The molecule has 5 aromatic rings. The molecule has 0 N–H and O–H groups in total. The van der Waals surface area contributed by atoms with Crippen LogP contribution in [0.5, 0.6) is 11.8 Å². The lowest BCUT2D eigenvalue weighted by molar-refractivity contribution is -0.385. The van der Waals surface area contributed by atoms with Gasteiger partial charge in [0.1, 0.15) is 19.0 Å². The molecule has 0 spiro atoms. The number of non-ortho nitro benzene ring substituents is 1. The highest BCUT2D eigenvalue weighted by Crippen LogP contribution is 2.34. The Labute approximate surface area is 291 Å². The standard InChI is InChI=1S/C40H40FN5O4/c41-38-25-35(46(47)48)16-13-33(38)19-20-43-21-23-44(24-22-43)36-26-45(27-36)34-14-11-32(12-15-34)37-17-18-39(49-28-30-7-3-1-4-8-30)42-40(37)50-29-31-9-5-2-6-10-31/h1-18,25,36H,19-24,26-29H2. The number of aromatic nitrogens is 1. The molecule has 0 aliphatic carbocycles. The number of nitrogens with zero attached hydrogens (tertiary/aromatic N) is 5. The maximum Gasteiger partial charge on any atom is 0.272 e. The van der Waals surface area contributed by atoms with Crippen LogP contribution in [0.3, 0.4) is 0 Å². The summed E-state index contributed by atoms with van der Waals surface area (Å²) in [6.45, 7) is 7.34. The van der Waals surface area contributed by atoms with Gasteiger partial charge >= 0.3 is 0 Å². The largest absolute Gasteiger partial charge is 0.473 e. The van der Waals surface area contributed by atoms with Gasteiger partial charge in [0.05, 0.1) is 11.0 Å². The first kappa shape index (κ1) is 33.2. The SMILES string of the molecule is O=[N+]([O-])c1ccc(CCN2CCN(C3CN(c4ccc(-c5ccc(OCc6ccccc6)nc5OCc5ccccc5)cc4)C3)CC2)c(F)c1. The number of rotatable bonds is 13. The van der Waals surface area contributed by atoms with Gasteiger partial charge in [-0.15, -0.1) is 0 Å². The van der Waals surface area contributed by atoms with E-state index in [0.717, 1.165) is 74.1 Å². The first-order valence-electron chi connectivity index (χ1n) is 17.1. The summed E-state index contributed by atoms with van der Waals surface area (Å²) < 4.78 is 26.6. The summed E-state index contributed by atoms with van der Waals surface area (Å²) in [4.78, 5) is 22.4. The zero-order chi connectivity index (χ0) is 34.3. The summed E-state index contributed by atoms with van der Waals surface area (Å²) in [6, 6.07) is 37.1. The highest BCUT2D eigenvalue weighted by molar-refractivity contribution is 5.71. The second-order valence-corrected chi connectivity index (χ2v) is 12.8. The molecule has 0 saturated carbocycles. The molecular weight excluding hydrogens is 633 g/mol. The number of piperazine rings is 1. The highest BCUT2D eigenvalue weighted by Gasteiger charge is 2.33. The number of anilines is 1. The van der Waals surface area contributed by atoms with Crippen LogP contribution in [0.4, 0.5) is 15.8 Å². The molecule has 4 aromatic carbocycles. The number of halogens is 1. The average molecular weight is 674 g/mol. The van der Waals surface area contributed by atoms with Gasteiger partial charge < -0.3 is 19.3 Å². The number of hydrogen-bond donors (Lipinski definition) is 0. The number of hydrogen-bond acceptors (Lipinski definition) is 8. The molecule has 9 nitrogen and oxygen atoms in total. The van der Waals surface area contributed by atoms with Gasteiger partial charge in [-0.1, -0.05) is 72.8 Å². The Kier molecular flexibility index (Phi) is 10.3. The fourth-order valence-corrected chi connectivity index (χ4v) is 6.52. The Bertz CT molecular complexity index is 1880. The molecule has 2 aliphatic rings. The van der Waals surface area contributed by atoms with Crippen molar-refractivity contribution < 1.29 is 18.8 Å². The fourth-order valence-electron chi connectivity index (χ4n) is 6.52. The molecule has 0 atom stereocenters. The van der Waals surface area contributed by atoms with Crippen molar-refractivity contribution in [3.63, 3.8) is 0 Å². The van der Waals surface area contributed by atoms with Crippen molar-refractivity contribution in [2.24, 2.45) is 0 Å². The third-order valence-corrected chi connectivity index (χ3v) is 9.56. The second-order valence-electron chi connectivity index (χ2n) is 12.8. The summed E-state index contributed by atoms with van der Waals surface area (Å²) in [6.07, 6.45) is 0.542. The molecular formula is C40H40FN5O4. The minimum atomic E-state index is -0.566. The lowest BCUT2D eigenvalue weighted by Gasteiger charge is -2.49. The average Bonchev–Trinajstić information content (AvgIpc) is 3.14. The Morgan fingerprint density at radius 1 is 0.780 bits per heavy atom. The molecule has 0 radical (unpaired) electrons. The van der Waals surface area contributed by atoms with E-state index in [4.69, 9.17) is 14.5 Å². The summed E-state index contributed by atoms with van der Waals surface area (Å²) in [5.41, 5.74) is 5.59. The Hall–Kier alpha value is -5.32. The lowest BCUT2D eigenvalue weighted by atomic mass is 10.0. The van der Waals surface area contributed by atoms with E-state index in [2.05, 4.69) is 39.0 Å². The lowest BCUT2D eigenvalue weighted by Crippen LogP contribution is -2.63. The van der Waals surface area contributed by atoms with E-state index < -0.39 is 10.7 Å². The van der Waals surface area contributed by atoms with Crippen LogP contribution in [0.1, 0.15) is 16.7 Å². The first-order chi connectivity index (χ1) is 24.5. The Balaban J connectivity index is 0.926. The predicted molar refractivity (Wildman–Crippen MR) is 192 cm³/mol. The van der Waals surface area contributed by atoms with Crippen LogP contribution in [-0.2, 0) is 19.6 Å². The minimum absolute atomic E-state index is 0.212. The van der Waals surface area contributed by atoms with Crippen molar-refractivity contribution in [2.45, 2.75) is 25.7 Å². The number of nitro benzene ring substituents is 1. The first-order valence-corrected chi connectivity index (χ1v) is 17.1. The van der Waals surface area contributed by atoms with Crippen LogP contribution < -0.4 is 14.4 Å². The number of nitro groups is 1. The molecule has 10 heteroatoms. The molecule has 0 bridgehead atoms. The van der Waals surface area contributed by atoms with E-state index in [1.54, 1.807) is 0 Å². The summed E-state index contributed by atoms with van der Waals surface area (Å²) in [7, 11) is 0. The highest BCUT2D eigenvalue weighted by atomic mass is 19.1. The van der Waals surface area contributed by atoms with Gasteiger partial charge in [-0.3, -0.25) is 15.0 Å². The summed E-state index contributed by atoms with van der Waals surface area (Å²) in [5.74, 6) is 0.548. The summed E-state index contributed by atoms with van der Waals surface area (Å²) >= 11 is 0. The van der Waals surface area contributed by atoms with E-state index >= 15 is 0 Å². The number of ether oxygens (including phenoxy) is 2. The zero-order valence-corrected chi connectivity index (χ0v) is 27.9. The van der Waals surface area contributed by atoms with Crippen LogP contribution in [0, 0.1) is 15.9 Å². The number of benzene rings is 4. The molecule has 2 fully saturated rings. The van der Waals surface area contributed by atoms with Crippen LogP contribution >= 0.6 is 0 Å². The van der Waals surface area contributed by atoms with Gasteiger partial charge in [-0.2, -0.15) is 4.98 Å². The van der Waals surface area contributed by atoms with Crippen molar-refractivity contribution in [1.82, 2.24) is 14.8 Å². The minimum Gasteiger partial charge on any atom is -0.473 e. The molecule has 2 saturated heterocycles. The molecule has 3 heterocycles. The van der Waals surface area contributed by atoms with E-state index in [1.807, 2.05) is 72.8 Å². The predicted octanol–water partition coefficient (Wildman–Crippen LogP) is 7.00. The monoisotopic (exact) mass is 673 g/mol. The van der Waals surface area contributed by atoms with E-state index in [0.29, 0.717) is 43.0 Å². The Morgan fingerprint density at radius 3 is 2.08 bits per heavy atom. The van der Waals surface area contributed by atoms with Crippen molar-refractivity contribution in [3.8, 4) is 22.9 Å². The summed E-state index contributed by atoms with van der Waals surface area (Å²) in [5, 5.41) is 10.9. The maximum atomic E-state index is 14.3. The normalized spacial score (nSPS) is 15.4. The van der Waals surface area contributed by atoms with Crippen LogP contribution in [0.25, 0.3) is 11.1 Å². The van der Waals surface area contributed by atoms with E-state index in [-0.39, 0.29) is 5.69 Å². The quantitative estimate of drug-likeness (QED) is 0.0976. The third kappa shape index (κ3) is 8.10. The van der Waals surface area contributed by atoms with Crippen molar-refractivity contribution in [2.75, 3.05) is 50.7 Å². The van der Waals surface area contributed by atoms with Crippen molar-refractivity contribution in [3.05, 3.63) is 148 Å². The van der Waals surface area contributed by atoms with Gasteiger partial charge in [0.15, 0.2) is 0 Å². The van der Waals surface area contributed by atoms with E-state index in [9.17, 15) is 14.5 Å². The van der Waals surface area contributed by atoms with Gasteiger partial charge in [-0.25, -0.2) is 4.39 Å². The fraction of sp³-hybridized carbons (Fsp3) is 0.275. The van der Waals surface area contributed by atoms with E-state index in [1.165, 1.54) is 17.8 Å². The molecule has 50 heavy (non-hydrogen) atoms. The molecule has 0 amide bonds. The zero-order valence-electron chi connectivity index (χ0n) is 27.9. The smallest absolute Gasteiger partial charge is 0.272 e. The Morgan fingerprint density at radius 2 is 1.44 bits per heavy atom. The molecule has 1 aromatic heterocycles. The third-order valence-electron chi connectivity index (χ3n) is 9.56. The maximum absolute atomic E-state index is 14.3. The van der Waals surface area contributed by atoms with Crippen molar-refractivity contribution in [1.29, 1.82) is 0 Å². The molecule has 7 rings (SSSR count). The topological polar surface area (TPSA) is 84.2 Å². The van der Waals surface area contributed by atoms with Gasteiger partial charge in [-0.05, 0) is 52.9 Å². The van der Waals surface area contributed by atoms with Crippen LogP contribution in [0.15, 0.2) is 115 Å². The van der Waals surface area contributed by atoms with Crippen molar-refractivity contribution >= 4 is 11.4 Å².